The number of ether oxygens (including phenoxy) is 12. The van der Waals surface area contributed by atoms with Crippen molar-refractivity contribution >= 4 is 77.5 Å². The summed E-state index contributed by atoms with van der Waals surface area (Å²) in [6, 6.07) is 35.4. The van der Waals surface area contributed by atoms with Gasteiger partial charge in [0, 0.05) is 137 Å². The first-order valence-corrected chi connectivity index (χ1v) is 42.2. The standard InChI is InChI=1S/C90H127N7O28/c1-16-58(3)82(120-65(10)101)61(6)84(122-67(12)103)76(94-111)45-90(57-93-117-54-78(119-64(9)100)60(5)83(121-66(11)102)59(4)50-112-62(7)98,55-91-88(110)87(125-70(15)106)86(124-69(14)105)85(123-68(13)104)77(17-2)118-63(8)99)56-92-116-44-30-39-75-46-95(47-79(107)113-51-72-33-24-19-25-34-72)42-43-97(49-81(109)115-53-74-37-28-21-29-38-74)89(75)96(41-40-71-31-22-18-23-32-71)48-80(108)114-52-73-35-26-20-27-36-73/h18-29,31-38,58-61,75-78,82-87,89,92-93H,16-17,30,39-57H2,1-15H3,(H,91,110). The van der Waals surface area contributed by atoms with Gasteiger partial charge in [-0.1, -0.05) is 174 Å². The van der Waals surface area contributed by atoms with Crippen molar-refractivity contribution in [3.8, 4) is 0 Å². The Balaban J connectivity index is 1.74. The molecule has 1 aliphatic heterocycles. The molecule has 4 aromatic rings. The molecule has 0 saturated carbocycles. The van der Waals surface area contributed by atoms with Gasteiger partial charge in [-0.25, -0.2) is 11.0 Å². The summed E-state index contributed by atoms with van der Waals surface area (Å²) < 4.78 is 69.3. The highest BCUT2D eigenvalue weighted by Crippen LogP contribution is 2.35. The van der Waals surface area contributed by atoms with Gasteiger partial charge in [0.15, 0.2) is 12.2 Å². The number of hydrogen-bond donors (Lipinski definition) is 3. The van der Waals surface area contributed by atoms with Crippen molar-refractivity contribution in [3.05, 3.63) is 148 Å². The van der Waals surface area contributed by atoms with E-state index in [1.165, 1.54) is 20.8 Å². The van der Waals surface area contributed by atoms with Crippen LogP contribution in [0.5, 0.6) is 0 Å². The molecule has 16 atom stereocenters. The van der Waals surface area contributed by atoms with Gasteiger partial charge in [-0.2, -0.15) is 4.91 Å². The SMILES string of the molecule is CCC(C)C(OC(C)=O)C(C)C(OC(C)=O)C(CC(CNOCCCC1CN(CC(=O)OCc2ccccc2)CCN(CC(=O)OCc2ccccc2)C1N(CCc1ccccc1)CC(=O)OCc1ccccc1)(CNOCC(OC(C)=O)C(C)C(OC(C)=O)C(C)COC(C)=O)CNC(=O)C(OC(C)=O)C(OC(C)=O)C(OC(C)=O)C(CC)OC(C)=O)N=O. The third-order valence-electron chi connectivity index (χ3n) is 21.1. The smallest absolute Gasteiger partial charge is 0.320 e. The summed E-state index contributed by atoms with van der Waals surface area (Å²) in [7, 11) is 0. The first-order chi connectivity index (χ1) is 59.5. The van der Waals surface area contributed by atoms with E-state index in [1.54, 1.807) is 27.7 Å². The van der Waals surface area contributed by atoms with E-state index in [2.05, 4.69) is 21.5 Å². The number of rotatable bonds is 56. The van der Waals surface area contributed by atoms with Crippen LogP contribution >= 0.6 is 0 Å². The summed E-state index contributed by atoms with van der Waals surface area (Å²) in [5, 5.41) is 6.36. The minimum Gasteiger partial charge on any atom is -0.465 e. The van der Waals surface area contributed by atoms with Crippen LogP contribution in [0, 0.1) is 39.9 Å². The van der Waals surface area contributed by atoms with Gasteiger partial charge in [0.05, 0.1) is 39.0 Å². The Morgan fingerprint density at radius 2 is 0.920 bits per heavy atom. The van der Waals surface area contributed by atoms with Crippen LogP contribution in [0.25, 0.3) is 0 Å². The summed E-state index contributed by atoms with van der Waals surface area (Å²) in [6.45, 7) is 17.1. The van der Waals surface area contributed by atoms with Crippen LogP contribution in [0.3, 0.4) is 0 Å². The highest BCUT2D eigenvalue weighted by Gasteiger charge is 2.49. The number of amides is 1. The predicted molar refractivity (Wildman–Crippen MR) is 451 cm³/mol. The van der Waals surface area contributed by atoms with Crippen LogP contribution in [-0.4, -0.2) is 239 Å². The van der Waals surface area contributed by atoms with Crippen LogP contribution < -0.4 is 16.3 Å². The fourth-order valence-corrected chi connectivity index (χ4v) is 15.0. The average Bonchev–Trinajstić information content (AvgIpc) is 1.49. The summed E-state index contributed by atoms with van der Waals surface area (Å²) >= 11 is 0. The Labute approximate surface area is 731 Å². The van der Waals surface area contributed by atoms with Crippen molar-refractivity contribution in [1.29, 1.82) is 0 Å². The lowest BCUT2D eigenvalue weighted by Gasteiger charge is -2.42. The number of carbonyl (C=O) groups is 13. The molecule has 1 heterocycles. The van der Waals surface area contributed by atoms with Crippen molar-refractivity contribution in [2.24, 2.45) is 40.2 Å². The molecule has 0 radical (unpaired) electrons. The van der Waals surface area contributed by atoms with Crippen molar-refractivity contribution < 1.29 is 129 Å². The molecule has 0 bridgehead atoms. The first kappa shape index (κ1) is 105. The second-order valence-corrected chi connectivity index (χ2v) is 31.6. The fourth-order valence-electron chi connectivity index (χ4n) is 15.0. The highest BCUT2D eigenvalue weighted by atomic mass is 16.7. The lowest BCUT2D eigenvalue weighted by molar-refractivity contribution is -0.199. The number of nitroso groups, excluding NO2 is 1. The number of carbonyl (C=O) groups excluding carboxylic acids is 13. The van der Waals surface area contributed by atoms with Crippen molar-refractivity contribution in [1.82, 2.24) is 31.0 Å². The molecule has 5 rings (SSSR count). The quantitative estimate of drug-likeness (QED) is 0.0123. The zero-order chi connectivity index (χ0) is 92.1. The normalized spacial score (nSPS) is 17.2. The number of nitrogens with one attached hydrogen (secondary N) is 3. The number of hydrogen-bond acceptors (Lipinski definition) is 34. The third kappa shape index (κ3) is 38.8. The molecule has 35 nitrogen and oxygen atoms in total. The molecule has 0 spiro atoms. The predicted octanol–water partition coefficient (Wildman–Crippen LogP) is 8.15. The maximum atomic E-state index is 15.5. The molecule has 35 heteroatoms. The monoisotopic (exact) mass is 1750 g/mol. The van der Waals surface area contributed by atoms with E-state index in [9.17, 15) is 62.4 Å². The second kappa shape index (κ2) is 55.6. The van der Waals surface area contributed by atoms with Crippen LogP contribution in [0.2, 0.25) is 0 Å². The fraction of sp³-hybridized carbons (Fsp3) is 0.589. The van der Waals surface area contributed by atoms with Crippen LogP contribution in [0.1, 0.15) is 158 Å². The van der Waals surface area contributed by atoms with Crippen molar-refractivity contribution in [2.45, 2.75) is 223 Å². The summed E-state index contributed by atoms with van der Waals surface area (Å²) in [5.41, 5.74) is 7.25. The van der Waals surface area contributed by atoms with E-state index >= 15 is 4.79 Å². The summed E-state index contributed by atoms with van der Waals surface area (Å²) in [5.74, 6) is -14.4. The van der Waals surface area contributed by atoms with Gasteiger partial charge in [0.25, 0.3) is 5.91 Å². The molecule has 4 aromatic carbocycles. The van der Waals surface area contributed by atoms with E-state index in [1.807, 2.05) is 143 Å². The van der Waals surface area contributed by atoms with Gasteiger partial charge < -0.3 is 67.0 Å². The molecule has 1 aliphatic rings. The van der Waals surface area contributed by atoms with Gasteiger partial charge in [0.1, 0.15) is 63.0 Å². The van der Waals surface area contributed by atoms with E-state index in [4.69, 9.17) is 66.5 Å². The Hall–Kier alpha value is -10.7. The van der Waals surface area contributed by atoms with Crippen LogP contribution in [0.15, 0.2) is 127 Å². The Morgan fingerprint density at radius 3 is 1.41 bits per heavy atom. The topological polar surface area (TPSA) is 426 Å². The Bertz CT molecular complexity index is 4040. The first-order valence-electron chi connectivity index (χ1n) is 42.2. The van der Waals surface area contributed by atoms with Gasteiger partial charge in [-0.15, -0.1) is 0 Å². The van der Waals surface area contributed by atoms with Crippen LogP contribution in [-0.2, 0) is 155 Å². The maximum absolute atomic E-state index is 15.5. The minimum absolute atomic E-state index is 0.0108. The largest absolute Gasteiger partial charge is 0.465 e. The molecular weight excluding hydrogens is 1630 g/mol. The lowest BCUT2D eigenvalue weighted by atomic mass is 9.76. The number of benzene rings is 4. The van der Waals surface area contributed by atoms with Gasteiger partial charge in [-0.05, 0) is 60.3 Å². The molecule has 16 unspecified atom stereocenters. The Morgan fingerprint density at radius 1 is 0.464 bits per heavy atom. The average molecular weight is 1760 g/mol. The zero-order valence-corrected chi connectivity index (χ0v) is 74.5. The molecule has 1 fully saturated rings. The molecule has 1 saturated heterocycles. The van der Waals surface area contributed by atoms with Gasteiger partial charge >= 0.3 is 71.6 Å². The van der Waals surface area contributed by atoms with Crippen LogP contribution in [0.4, 0.5) is 0 Å². The van der Waals surface area contributed by atoms with E-state index < -0.39 is 206 Å². The molecule has 690 valence electrons. The van der Waals surface area contributed by atoms with Crippen molar-refractivity contribution in [3.63, 3.8) is 0 Å². The highest BCUT2D eigenvalue weighted by molar-refractivity contribution is 5.85. The number of nitrogens with zero attached hydrogens (tertiary/aromatic N) is 4. The molecule has 1 amide bonds. The van der Waals surface area contributed by atoms with Gasteiger partial charge in [-0.3, -0.25) is 81.9 Å². The Kier molecular flexibility index (Phi) is 46.6. The minimum atomic E-state index is -2.25. The molecule has 125 heavy (non-hydrogen) atoms. The summed E-state index contributed by atoms with van der Waals surface area (Å²) in [6.07, 6.45) is -12.7. The molecule has 0 aliphatic carbocycles. The molecular formula is C90H127N7O28. The zero-order valence-electron chi connectivity index (χ0n) is 74.5. The maximum Gasteiger partial charge on any atom is 0.320 e. The van der Waals surface area contributed by atoms with E-state index in [0.29, 0.717) is 12.8 Å². The second-order valence-electron chi connectivity index (χ2n) is 31.6. The van der Waals surface area contributed by atoms with Crippen molar-refractivity contribution in [2.75, 3.05) is 85.3 Å². The van der Waals surface area contributed by atoms with E-state index in [-0.39, 0.29) is 98.1 Å². The third-order valence-corrected chi connectivity index (χ3v) is 21.1. The number of esters is 12. The molecule has 0 aromatic heterocycles. The summed E-state index contributed by atoms with van der Waals surface area (Å²) in [4.78, 5) is 208. The van der Waals surface area contributed by atoms with Gasteiger partial charge in [0.2, 0.25) is 6.10 Å². The van der Waals surface area contributed by atoms with E-state index in [0.717, 1.165) is 70.7 Å². The number of hydroxylamine groups is 2. The lowest BCUT2D eigenvalue weighted by Crippen LogP contribution is -2.59. The molecule has 3 N–H and O–H groups in total.